The topological polar surface area (TPSA) is 46.5 Å². The summed E-state index contributed by atoms with van der Waals surface area (Å²) in [4.78, 5) is 10.5. The molecule has 0 radical (unpaired) electrons. The first-order valence-corrected chi connectivity index (χ1v) is 8.54. The molecule has 3 nitrogen and oxygen atoms in total. The molecule has 0 aromatic heterocycles. The Hall–Kier alpha value is -0.613. The third kappa shape index (κ3) is 4.94. The molecule has 0 aliphatic carbocycles. The summed E-state index contributed by atoms with van der Waals surface area (Å²) in [7, 11) is -1.68. The lowest BCUT2D eigenvalue weighted by Crippen LogP contribution is -2.40. The van der Waals surface area contributed by atoms with E-state index in [4.69, 9.17) is 9.53 Å². The molecule has 1 N–H and O–H groups in total. The molecule has 0 spiro atoms. The fraction of sp³-hybridized carbons (Fsp3) is 0.750. The Balaban J connectivity index is 3.92. The van der Waals surface area contributed by atoms with E-state index in [0.29, 0.717) is 13.0 Å². The highest BCUT2D eigenvalue weighted by Crippen LogP contribution is 2.36. The van der Waals surface area contributed by atoms with Crippen LogP contribution < -0.4 is 0 Å². The van der Waals surface area contributed by atoms with E-state index in [0.717, 1.165) is 6.42 Å². The van der Waals surface area contributed by atoms with Crippen LogP contribution in [0, 0.1) is 0 Å². The van der Waals surface area contributed by atoms with Gasteiger partial charge in [-0.2, -0.15) is 0 Å². The molecule has 0 aliphatic rings. The summed E-state index contributed by atoms with van der Waals surface area (Å²) in [5.74, 6) is -0.910. The Bertz CT molecular complexity index is 264. The van der Waals surface area contributed by atoms with E-state index in [1.807, 2.05) is 0 Å². The average molecular weight is 244 g/mol. The van der Waals surface area contributed by atoms with Crippen molar-refractivity contribution in [3.8, 4) is 0 Å². The van der Waals surface area contributed by atoms with Gasteiger partial charge in [0, 0.05) is 12.2 Å². The highest BCUT2D eigenvalue weighted by Gasteiger charge is 2.36. The zero-order valence-corrected chi connectivity index (χ0v) is 12.1. The van der Waals surface area contributed by atoms with Crippen LogP contribution in [-0.2, 0) is 9.22 Å². The first kappa shape index (κ1) is 15.4. The van der Waals surface area contributed by atoms with Crippen LogP contribution in [0.25, 0.3) is 0 Å². The molecule has 16 heavy (non-hydrogen) atoms. The van der Waals surface area contributed by atoms with Gasteiger partial charge in [-0.3, -0.25) is 0 Å². The number of rotatable bonds is 6. The number of hydrogen-bond acceptors (Lipinski definition) is 2. The van der Waals surface area contributed by atoms with E-state index in [2.05, 4.69) is 40.4 Å². The van der Waals surface area contributed by atoms with Crippen molar-refractivity contribution in [3.63, 3.8) is 0 Å². The maximum absolute atomic E-state index is 10.5. The van der Waals surface area contributed by atoms with Crippen molar-refractivity contribution < 1.29 is 14.3 Å². The third-order valence-electron chi connectivity index (χ3n) is 3.19. The molecule has 0 fully saturated rings. The number of carboxylic acids is 1. The molecular weight excluding hydrogens is 220 g/mol. The Morgan fingerprint density at radius 2 is 1.88 bits per heavy atom. The van der Waals surface area contributed by atoms with Gasteiger partial charge in [-0.25, -0.2) is 4.79 Å². The fourth-order valence-corrected chi connectivity index (χ4v) is 2.02. The largest absolute Gasteiger partial charge is 0.478 e. The summed E-state index contributed by atoms with van der Waals surface area (Å²) in [6, 6.07) is 0. The average Bonchev–Trinajstić information content (AvgIpc) is 2.09. The van der Waals surface area contributed by atoms with Crippen molar-refractivity contribution >= 4 is 14.3 Å². The molecule has 0 unspecified atom stereocenters. The SMILES string of the molecule is C=C(CCCO[Si](C)(C)C(C)(C)C)C(=O)O. The second-order valence-electron chi connectivity index (χ2n) is 5.62. The van der Waals surface area contributed by atoms with Crippen LogP contribution >= 0.6 is 0 Å². The van der Waals surface area contributed by atoms with Gasteiger partial charge in [-0.05, 0) is 31.0 Å². The Morgan fingerprint density at radius 1 is 1.38 bits per heavy atom. The van der Waals surface area contributed by atoms with Crippen LogP contribution in [-0.4, -0.2) is 26.0 Å². The van der Waals surface area contributed by atoms with E-state index in [9.17, 15) is 4.79 Å². The lowest BCUT2D eigenvalue weighted by atomic mass is 10.2. The second kappa shape index (κ2) is 5.64. The van der Waals surface area contributed by atoms with Gasteiger partial charge in [0.05, 0.1) is 0 Å². The molecule has 0 aliphatic heterocycles. The molecule has 0 atom stereocenters. The van der Waals surface area contributed by atoms with Crippen LogP contribution in [0.4, 0.5) is 0 Å². The molecule has 0 rings (SSSR count). The second-order valence-corrected chi connectivity index (χ2v) is 10.4. The van der Waals surface area contributed by atoms with Gasteiger partial charge >= 0.3 is 5.97 Å². The highest BCUT2D eigenvalue weighted by atomic mass is 28.4. The lowest BCUT2D eigenvalue weighted by molar-refractivity contribution is -0.132. The van der Waals surface area contributed by atoms with E-state index in [-0.39, 0.29) is 10.6 Å². The molecule has 0 saturated heterocycles. The quantitative estimate of drug-likeness (QED) is 0.442. The van der Waals surface area contributed by atoms with Crippen LogP contribution in [0.15, 0.2) is 12.2 Å². The first-order valence-electron chi connectivity index (χ1n) is 5.63. The van der Waals surface area contributed by atoms with Crippen molar-refractivity contribution in [1.82, 2.24) is 0 Å². The lowest BCUT2D eigenvalue weighted by Gasteiger charge is -2.36. The van der Waals surface area contributed by atoms with Crippen molar-refractivity contribution in [2.75, 3.05) is 6.61 Å². The zero-order valence-electron chi connectivity index (χ0n) is 11.1. The van der Waals surface area contributed by atoms with Gasteiger partial charge < -0.3 is 9.53 Å². The van der Waals surface area contributed by atoms with Crippen LogP contribution in [0.1, 0.15) is 33.6 Å². The van der Waals surface area contributed by atoms with E-state index in [1.54, 1.807) is 0 Å². The van der Waals surface area contributed by atoms with Crippen molar-refractivity contribution in [1.29, 1.82) is 0 Å². The summed E-state index contributed by atoms with van der Waals surface area (Å²) >= 11 is 0. The smallest absolute Gasteiger partial charge is 0.330 e. The van der Waals surface area contributed by atoms with Gasteiger partial charge in [0.1, 0.15) is 0 Å². The first-order chi connectivity index (χ1) is 7.08. The standard InChI is InChI=1S/C12H24O3Si/c1-10(11(13)14)8-7-9-15-16(5,6)12(2,3)4/h1,7-9H2,2-6H3,(H,13,14). The maximum Gasteiger partial charge on any atom is 0.330 e. The van der Waals surface area contributed by atoms with Gasteiger partial charge in [-0.15, -0.1) is 0 Å². The molecule has 0 heterocycles. The highest BCUT2D eigenvalue weighted by molar-refractivity contribution is 6.74. The summed E-state index contributed by atoms with van der Waals surface area (Å²) in [6.07, 6.45) is 1.24. The molecule has 0 aromatic rings. The minimum atomic E-state index is -1.68. The Kier molecular flexibility index (Phi) is 5.42. The molecule has 4 heteroatoms. The Labute approximate surface area is 99.6 Å². The minimum absolute atomic E-state index is 0.205. The van der Waals surface area contributed by atoms with E-state index < -0.39 is 14.3 Å². The van der Waals surface area contributed by atoms with Crippen LogP contribution in [0.2, 0.25) is 18.1 Å². The molecule has 0 amide bonds. The van der Waals surface area contributed by atoms with E-state index >= 15 is 0 Å². The molecule has 0 bridgehead atoms. The zero-order chi connectivity index (χ0) is 13.0. The predicted octanol–water partition coefficient (Wildman–Crippen LogP) is 3.43. The maximum atomic E-state index is 10.5. The molecule has 94 valence electrons. The van der Waals surface area contributed by atoms with Gasteiger partial charge in [-0.1, -0.05) is 27.4 Å². The summed E-state index contributed by atoms with van der Waals surface area (Å²) in [5.41, 5.74) is 0.263. The number of carboxylic acid groups (broad SMARTS) is 1. The number of aliphatic carboxylic acids is 1. The van der Waals surface area contributed by atoms with Crippen molar-refractivity contribution in [3.05, 3.63) is 12.2 Å². The van der Waals surface area contributed by atoms with Crippen LogP contribution in [0.5, 0.6) is 0 Å². The van der Waals surface area contributed by atoms with E-state index in [1.165, 1.54) is 0 Å². The van der Waals surface area contributed by atoms with Gasteiger partial charge in [0.15, 0.2) is 8.32 Å². The van der Waals surface area contributed by atoms with Crippen molar-refractivity contribution in [2.45, 2.75) is 51.7 Å². The summed E-state index contributed by atoms with van der Waals surface area (Å²) in [6.45, 7) is 15.1. The molecule has 0 saturated carbocycles. The summed E-state index contributed by atoms with van der Waals surface area (Å²) in [5, 5.41) is 8.84. The summed E-state index contributed by atoms with van der Waals surface area (Å²) < 4.78 is 5.93. The molecular formula is C12H24O3Si. The normalized spacial score (nSPS) is 12.6. The van der Waals surface area contributed by atoms with Crippen molar-refractivity contribution in [2.24, 2.45) is 0 Å². The monoisotopic (exact) mass is 244 g/mol. The minimum Gasteiger partial charge on any atom is -0.478 e. The molecule has 0 aromatic carbocycles. The number of hydrogen-bond donors (Lipinski definition) is 1. The fourth-order valence-electron chi connectivity index (χ4n) is 0.936. The van der Waals surface area contributed by atoms with Gasteiger partial charge in [0.2, 0.25) is 0 Å². The van der Waals surface area contributed by atoms with Gasteiger partial charge in [0.25, 0.3) is 0 Å². The van der Waals surface area contributed by atoms with Crippen LogP contribution in [0.3, 0.4) is 0 Å². The predicted molar refractivity (Wildman–Crippen MR) is 69.2 cm³/mol. The Morgan fingerprint density at radius 3 is 2.25 bits per heavy atom. The third-order valence-corrected chi connectivity index (χ3v) is 7.73. The number of carbonyl (C=O) groups is 1.